The maximum absolute atomic E-state index is 12.8. The van der Waals surface area contributed by atoms with Gasteiger partial charge < -0.3 is 14.2 Å². The van der Waals surface area contributed by atoms with Crippen molar-refractivity contribution in [3.05, 3.63) is 122 Å². The van der Waals surface area contributed by atoms with Crippen LogP contribution >= 0.6 is 0 Å². The Morgan fingerprint density at radius 3 is 0.985 bits per heavy atom. The standard InChI is InChI=1S/C60H96O6/c1-4-7-10-13-16-19-21-23-25-27-29-30-32-33-35-37-39-41-44-47-50-53-59(62)65-56-57(55-64-58(61)52-49-46-43-18-15-12-9-6-3)66-60(63)54-51-48-45-42-40-38-36-34-31-28-26-24-22-20-17-14-11-8-5-2/h7-8,10-11,16-17,19-20,23-26,29-31,34,38,40,45,48,57H,4-6,9,12-15,18,21-22,27-28,32-33,35-37,39,41-44,46-47,49-56H2,1-3H3/b10-7-,11-8-,19-16-,20-17-,25-23-,26-24-,30-29-,34-31-,40-38-,48-45-. The lowest BCUT2D eigenvalue weighted by atomic mass is 10.1. The van der Waals surface area contributed by atoms with E-state index >= 15 is 0 Å². The third-order valence-corrected chi connectivity index (χ3v) is 10.7. The minimum absolute atomic E-state index is 0.113. The largest absolute Gasteiger partial charge is 0.462 e. The lowest BCUT2D eigenvalue weighted by Gasteiger charge is -2.18. The molecule has 0 fully saturated rings. The Labute approximate surface area is 405 Å². The minimum atomic E-state index is -0.822. The van der Waals surface area contributed by atoms with E-state index in [1.807, 2.05) is 12.2 Å². The maximum Gasteiger partial charge on any atom is 0.306 e. The molecular formula is C60H96O6. The first-order valence-corrected chi connectivity index (χ1v) is 26.5. The number of allylic oxidation sites excluding steroid dienone is 20. The quantitative estimate of drug-likeness (QED) is 0.0262. The number of ether oxygens (including phenoxy) is 3. The number of carbonyl (C=O) groups excluding carboxylic acids is 3. The van der Waals surface area contributed by atoms with Gasteiger partial charge in [0, 0.05) is 19.3 Å². The molecule has 66 heavy (non-hydrogen) atoms. The first-order valence-electron chi connectivity index (χ1n) is 26.5. The maximum atomic E-state index is 12.8. The van der Waals surface area contributed by atoms with Gasteiger partial charge in [0.15, 0.2) is 6.10 Å². The highest BCUT2D eigenvalue weighted by Gasteiger charge is 2.19. The van der Waals surface area contributed by atoms with E-state index in [0.717, 1.165) is 109 Å². The minimum Gasteiger partial charge on any atom is -0.462 e. The van der Waals surface area contributed by atoms with Crippen LogP contribution < -0.4 is 0 Å². The normalized spacial score (nSPS) is 13.1. The lowest BCUT2D eigenvalue weighted by molar-refractivity contribution is -0.166. The Morgan fingerprint density at radius 2 is 0.621 bits per heavy atom. The Bertz CT molecular complexity index is 1420. The van der Waals surface area contributed by atoms with Crippen LogP contribution in [0.3, 0.4) is 0 Å². The lowest BCUT2D eigenvalue weighted by Crippen LogP contribution is -2.30. The molecule has 1 unspecified atom stereocenters. The van der Waals surface area contributed by atoms with E-state index in [4.69, 9.17) is 14.2 Å². The molecule has 6 nitrogen and oxygen atoms in total. The molecule has 0 N–H and O–H groups in total. The second kappa shape index (κ2) is 53.4. The fourth-order valence-electron chi connectivity index (χ4n) is 6.81. The number of unbranched alkanes of at least 4 members (excludes halogenated alkanes) is 15. The molecule has 0 radical (unpaired) electrons. The van der Waals surface area contributed by atoms with Crippen LogP contribution in [0, 0.1) is 0 Å². The highest BCUT2D eigenvalue weighted by atomic mass is 16.6. The van der Waals surface area contributed by atoms with E-state index in [0.29, 0.717) is 19.3 Å². The SMILES string of the molecule is CC/C=C\C/C=C\C/C=C\C/C=C\C/C=C\C/C=C\CCC(=O)OC(COC(=O)CCCCCCCCCC)COC(=O)CCCCCCCCCC/C=C\C/C=C\C/C=C\C/C=C\CC. The van der Waals surface area contributed by atoms with Gasteiger partial charge in [-0.05, 0) is 96.3 Å². The third-order valence-electron chi connectivity index (χ3n) is 10.7. The average molecular weight is 913 g/mol. The van der Waals surface area contributed by atoms with Crippen molar-refractivity contribution in [1.29, 1.82) is 0 Å². The van der Waals surface area contributed by atoms with Crippen molar-refractivity contribution in [2.45, 2.75) is 226 Å². The molecule has 1 atom stereocenters. The summed E-state index contributed by atoms with van der Waals surface area (Å²) in [7, 11) is 0. The molecule has 0 aliphatic carbocycles. The van der Waals surface area contributed by atoms with Gasteiger partial charge in [0.05, 0.1) is 0 Å². The summed E-state index contributed by atoms with van der Waals surface area (Å²) in [5.41, 5.74) is 0. The summed E-state index contributed by atoms with van der Waals surface area (Å²) < 4.78 is 16.7. The summed E-state index contributed by atoms with van der Waals surface area (Å²) in [6.07, 6.45) is 73.5. The van der Waals surface area contributed by atoms with Crippen molar-refractivity contribution in [1.82, 2.24) is 0 Å². The molecule has 0 rings (SSSR count). The van der Waals surface area contributed by atoms with E-state index in [1.165, 1.54) is 64.2 Å². The first-order chi connectivity index (χ1) is 32.5. The van der Waals surface area contributed by atoms with E-state index < -0.39 is 12.1 Å². The predicted octanol–water partition coefficient (Wildman–Crippen LogP) is 17.7. The average Bonchev–Trinajstić information content (AvgIpc) is 3.31. The van der Waals surface area contributed by atoms with Gasteiger partial charge in [0.25, 0.3) is 0 Å². The van der Waals surface area contributed by atoms with Gasteiger partial charge in [-0.2, -0.15) is 0 Å². The van der Waals surface area contributed by atoms with E-state index in [2.05, 4.69) is 130 Å². The van der Waals surface area contributed by atoms with Crippen LogP contribution in [0.4, 0.5) is 0 Å². The van der Waals surface area contributed by atoms with Gasteiger partial charge in [-0.15, -0.1) is 0 Å². The zero-order chi connectivity index (χ0) is 47.9. The summed E-state index contributed by atoms with van der Waals surface area (Å²) in [6, 6.07) is 0. The molecule has 0 heterocycles. The Balaban J connectivity index is 4.42. The van der Waals surface area contributed by atoms with Gasteiger partial charge in [0.1, 0.15) is 13.2 Å². The number of hydrogen-bond acceptors (Lipinski definition) is 6. The molecule has 6 heteroatoms. The van der Waals surface area contributed by atoms with Gasteiger partial charge in [-0.25, -0.2) is 0 Å². The Morgan fingerprint density at radius 1 is 0.318 bits per heavy atom. The fourth-order valence-corrected chi connectivity index (χ4v) is 6.81. The van der Waals surface area contributed by atoms with Crippen LogP contribution in [0.25, 0.3) is 0 Å². The zero-order valence-corrected chi connectivity index (χ0v) is 42.4. The predicted molar refractivity (Wildman–Crippen MR) is 283 cm³/mol. The molecular weight excluding hydrogens is 817 g/mol. The van der Waals surface area contributed by atoms with E-state index in [1.54, 1.807) is 0 Å². The van der Waals surface area contributed by atoms with Crippen LogP contribution in [-0.2, 0) is 28.6 Å². The summed E-state index contributed by atoms with van der Waals surface area (Å²) in [4.78, 5) is 37.9. The summed E-state index contributed by atoms with van der Waals surface area (Å²) in [5, 5.41) is 0. The van der Waals surface area contributed by atoms with Crippen LogP contribution in [0.2, 0.25) is 0 Å². The monoisotopic (exact) mass is 913 g/mol. The van der Waals surface area contributed by atoms with Gasteiger partial charge in [-0.1, -0.05) is 226 Å². The first kappa shape index (κ1) is 61.8. The molecule has 0 saturated carbocycles. The number of carbonyl (C=O) groups is 3. The summed E-state index contributed by atoms with van der Waals surface area (Å²) >= 11 is 0. The van der Waals surface area contributed by atoms with Crippen molar-refractivity contribution < 1.29 is 28.6 Å². The molecule has 0 aromatic heterocycles. The third kappa shape index (κ3) is 50.8. The van der Waals surface area contributed by atoms with Crippen molar-refractivity contribution >= 4 is 17.9 Å². The zero-order valence-electron chi connectivity index (χ0n) is 42.4. The van der Waals surface area contributed by atoms with Crippen molar-refractivity contribution in [3.8, 4) is 0 Å². The van der Waals surface area contributed by atoms with Crippen molar-refractivity contribution in [2.24, 2.45) is 0 Å². The van der Waals surface area contributed by atoms with Crippen LogP contribution in [0.5, 0.6) is 0 Å². The van der Waals surface area contributed by atoms with E-state index in [9.17, 15) is 14.4 Å². The number of hydrogen-bond donors (Lipinski definition) is 0. The summed E-state index contributed by atoms with van der Waals surface area (Å²) in [5.74, 6) is -1.02. The van der Waals surface area contributed by atoms with Crippen molar-refractivity contribution in [3.63, 3.8) is 0 Å². The second-order valence-corrected chi connectivity index (χ2v) is 17.0. The second-order valence-electron chi connectivity index (χ2n) is 17.0. The van der Waals surface area contributed by atoms with Crippen molar-refractivity contribution in [2.75, 3.05) is 13.2 Å². The highest BCUT2D eigenvalue weighted by molar-refractivity contribution is 5.71. The Kier molecular flexibility index (Phi) is 50.0. The number of rotatable bonds is 46. The molecule has 0 saturated heterocycles. The molecule has 0 amide bonds. The molecule has 0 bridgehead atoms. The number of esters is 3. The Hall–Kier alpha value is -4.19. The van der Waals surface area contributed by atoms with Gasteiger partial charge in [0.2, 0.25) is 0 Å². The molecule has 0 spiro atoms. The molecule has 372 valence electrons. The summed E-state index contributed by atoms with van der Waals surface area (Å²) in [6.45, 7) is 6.30. The molecule has 0 aliphatic heterocycles. The fraction of sp³-hybridized carbons (Fsp3) is 0.617. The van der Waals surface area contributed by atoms with Crippen LogP contribution in [0.1, 0.15) is 220 Å². The van der Waals surface area contributed by atoms with Gasteiger partial charge >= 0.3 is 17.9 Å². The van der Waals surface area contributed by atoms with E-state index in [-0.39, 0.29) is 31.6 Å². The molecule has 0 aromatic carbocycles. The topological polar surface area (TPSA) is 78.9 Å². The van der Waals surface area contributed by atoms with Crippen LogP contribution in [0.15, 0.2) is 122 Å². The highest BCUT2D eigenvalue weighted by Crippen LogP contribution is 2.13. The van der Waals surface area contributed by atoms with Gasteiger partial charge in [-0.3, -0.25) is 14.4 Å². The van der Waals surface area contributed by atoms with Crippen LogP contribution in [-0.4, -0.2) is 37.2 Å². The molecule has 0 aromatic rings. The smallest absolute Gasteiger partial charge is 0.306 e. The molecule has 0 aliphatic rings.